The normalized spacial score (nSPS) is 12.7. The molecule has 1 N–H and O–H groups in total. The molecule has 2 aromatic rings. The average Bonchev–Trinajstić information content (AvgIpc) is 2.68. The topological polar surface area (TPSA) is 29.9 Å². The summed E-state index contributed by atoms with van der Waals surface area (Å²) < 4.78 is 15.3. The van der Waals surface area contributed by atoms with E-state index in [0.717, 1.165) is 22.5 Å². The molecule has 108 valence electrons. The van der Waals surface area contributed by atoms with E-state index in [4.69, 9.17) is 0 Å². The molecule has 3 nitrogen and oxygen atoms in total. The molecule has 0 aliphatic heterocycles. The number of benzene rings is 1. The number of aryl methyl sites for hydroxylation is 2. The third-order valence-corrected chi connectivity index (χ3v) is 3.93. The van der Waals surface area contributed by atoms with E-state index in [1.54, 1.807) is 6.07 Å². The molecule has 0 amide bonds. The molecule has 1 aromatic carbocycles. The van der Waals surface area contributed by atoms with Gasteiger partial charge in [0.25, 0.3) is 0 Å². The van der Waals surface area contributed by atoms with Crippen molar-refractivity contribution >= 4 is 0 Å². The number of rotatable bonds is 4. The van der Waals surface area contributed by atoms with Crippen LogP contribution in [0.1, 0.15) is 41.0 Å². The standard InChI is InChI=1S/C16H22FN3/c1-10-6-7-15(17)8-14(10)9-20-13(4)16(11(2)18-5)12(3)19-20/h6-8,11,18H,9H2,1-5H3. The summed E-state index contributed by atoms with van der Waals surface area (Å²) in [5.74, 6) is -0.198. The second-order valence-electron chi connectivity index (χ2n) is 5.32. The lowest BCUT2D eigenvalue weighted by atomic mass is 10.1. The summed E-state index contributed by atoms with van der Waals surface area (Å²) in [5.41, 5.74) is 5.44. The lowest BCUT2D eigenvalue weighted by Crippen LogP contribution is -2.14. The Morgan fingerprint density at radius 2 is 2.00 bits per heavy atom. The predicted octanol–water partition coefficient (Wildman–Crippen LogP) is 3.28. The second-order valence-corrected chi connectivity index (χ2v) is 5.32. The van der Waals surface area contributed by atoms with Gasteiger partial charge in [-0.05, 0) is 58.0 Å². The minimum atomic E-state index is -0.198. The SMILES string of the molecule is CNC(C)c1c(C)nn(Cc2cc(F)ccc2C)c1C. The molecule has 2 rings (SSSR count). The van der Waals surface area contributed by atoms with Crippen molar-refractivity contribution in [2.75, 3.05) is 7.05 Å². The van der Waals surface area contributed by atoms with Crippen LogP contribution in [0.25, 0.3) is 0 Å². The molecule has 20 heavy (non-hydrogen) atoms. The number of aromatic nitrogens is 2. The van der Waals surface area contributed by atoms with Gasteiger partial charge >= 0.3 is 0 Å². The highest BCUT2D eigenvalue weighted by atomic mass is 19.1. The van der Waals surface area contributed by atoms with Crippen LogP contribution in [0, 0.1) is 26.6 Å². The first-order valence-corrected chi connectivity index (χ1v) is 6.90. The van der Waals surface area contributed by atoms with Crippen LogP contribution in [0.2, 0.25) is 0 Å². The van der Waals surface area contributed by atoms with Gasteiger partial charge in [0.1, 0.15) is 5.82 Å². The van der Waals surface area contributed by atoms with E-state index in [9.17, 15) is 4.39 Å². The molecule has 0 aliphatic carbocycles. The number of nitrogens with zero attached hydrogens (tertiary/aromatic N) is 2. The molecule has 0 bridgehead atoms. The molecule has 0 fully saturated rings. The summed E-state index contributed by atoms with van der Waals surface area (Å²) in [4.78, 5) is 0. The molecular formula is C16H22FN3. The van der Waals surface area contributed by atoms with Crippen molar-refractivity contribution in [3.63, 3.8) is 0 Å². The Morgan fingerprint density at radius 3 is 2.65 bits per heavy atom. The van der Waals surface area contributed by atoms with Gasteiger partial charge in [-0.1, -0.05) is 6.07 Å². The fourth-order valence-electron chi connectivity index (χ4n) is 2.61. The fraction of sp³-hybridized carbons (Fsp3) is 0.438. The van der Waals surface area contributed by atoms with Gasteiger partial charge in [0.15, 0.2) is 0 Å². The highest BCUT2D eigenvalue weighted by molar-refractivity contribution is 5.31. The van der Waals surface area contributed by atoms with Crippen LogP contribution < -0.4 is 5.32 Å². The minimum absolute atomic E-state index is 0.198. The molecular weight excluding hydrogens is 253 g/mol. The van der Waals surface area contributed by atoms with E-state index in [0.29, 0.717) is 6.54 Å². The average molecular weight is 275 g/mol. The molecule has 1 unspecified atom stereocenters. The Hall–Kier alpha value is -1.68. The van der Waals surface area contributed by atoms with Gasteiger partial charge in [-0.25, -0.2) is 4.39 Å². The Bertz CT molecular complexity index is 616. The van der Waals surface area contributed by atoms with Crippen molar-refractivity contribution in [2.45, 2.75) is 40.3 Å². The Labute approximate surface area is 119 Å². The Morgan fingerprint density at radius 1 is 1.30 bits per heavy atom. The summed E-state index contributed by atoms with van der Waals surface area (Å²) in [6.45, 7) is 8.81. The molecule has 1 aromatic heterocycles. The van der Waals surface area contributed by atoms with Crippen molar-refractivity contribution in [3.8, 4) is 0 Å². The third-order valence-electron chi connectivity index (χ3n) is 3.93. The number of nitrogens with one attached hydrogen (secondary N) is 1. The molecule has 1 heterocycles. The van der Waals surface area contributed by atoms with E-state index in [2.05, 4.69) is 24.3 Å². The first kappa shape index (κ1) is 14.7. The van der Waals surface area contributed by atoms with Crippen molar-refractivity contribution in [3.05, 3.63) is 52.1 Å². The maximum atomic E-state index is 13.4. The number of halogens is 1. The van der Waals surface area contributed by atoms with Crippen LogP contribution in [0.15, 0.2) is 18.2 Å². The van der Waals surface area contributed by atoms with Crippen LogP contribution in [0.5, 0.6) is 0 Å². The zero-order valence-electron chi connectivity index (χ0n) is 12.8. The van der Waals surface area contributed by atoms with Crippen molar-refractivity contribution in [2.24, 2.45) is 0 Å². The minimum Gasteiger partial charge on any atom is -0.313 e. The summed E-state index contributed by atoms with van der Waals surface area (Å²) in [5, 5.41) is 7.85. The maximum Gasteiger partial charge on any atom is 0.123 e. The largest absolute Gasteiger partial charge is 0.313 e. The summed E-state index contributed by atoms with van der Waals surface area (Å²) >= 11 is 0. The van der Waals surface area contributed by atoms with Gasteiger partial charge in [-0.2, -0.15) is 5.10 Å². The van der Waals surface area contributed by atoms with Crippen molar-refractivity contribution in [1.82, 2.24) is 15.1 Å². The second kappa shape index (κ2) is 5.75. The van der Waals surface area contributed by atoms with E-state index in [1.807, 2.05) is 31.6 Å². The molecule has 0 saturated carbocycles. The van der Waals surface area contributed by atoms with Crippen LogP contribution in [0.3, 0.4) is 0 Å². The van der Waals surface area contributed by atoms with Crippen LogP contribution in [-0.2, 0) is 6.54 Å². The van der Waals surface area contributed by atoms with E-state index < -0.39 is 0 Å². The zero-order valence-corrected chi connectivity index (χ0v) is 12.8. The highest BCUT2D eigenvalue weighted by Gasteiger charge is 2.16. The van der Waals surface area contributed by atoms with Gasteiger partial charge < -0.3 is 5.32 Å². The smallest absolute Gasteiger partial charge is 0.123 e. The van der Waals surface area contributed by atoms with Crippen molar-refractivity contribution < 1.29 is 4.39 Å². The van der Waals surface area contributed by atoms with Gasteiger partial charge in [-0.15, -0.1) is 0 Å². The summed E-state index contributed by atoms with van der Waals surface area (Å²) in [6, 6.07) is 5.16. The van der Waals surface area contributed by atoms with Crippen molar-refractivity contribution in [1.29, 1.82) is 0 Å². The molecule has 0 radical (unpaired) electrons. The van der Waals surface area contributed by atoms with E-state index >= 15 is 0 Å². The third kappa shape index (κ3) is 2.75. The molecule has 0 aliphatic rings. The predicted molar refractivity (Wildman–Crippen MR) is 79.4 cm³/mol. The maximum absolute atomic E-state index is 13.4. The van der Waals surface area contributed by atoms with Crippen LogP contribution in [-0.4, -0.2) is 16.8 Å². The molecule has 0 saturated heterocycles. The Balaban J connectivity index is 2.37. The molecule has 1 atom stereocenters. The number of hydrogen-bond donors (Lipinski definition) is 1. The molecule has 0 spiro atoms. The molecule has 4 heteroatoms. The van der Waals surface area contributed by atoms with Gasteiger partial charge in [0.2, 0.25) is 0 Å². The quantitative estimate of drug-likeness (QED) is 0.928. The van der Waals surface area contributed by atoms with E-state index in [-0.39, 0.29) is 11.9 Å². The first-order valence-electron chi connectivity index (χ1n) is 6.90. The van der Waals surface area contributed by atoms with E-state index in [1.165, 1.54) is 11.6 Å². The Kier molecular flexibility index (Phi) is 4.23. The monoisotopic (exact) mass is 275 g/mol. The van der Waals surface area contributed by atoms with Gasteiger partial charge in [-0.3, -0.25) is 4.68 Å². The highest BCUT2D eigenvalue weighted by Crippen LogP contribution is 2.22. The van der Waals surface area contributed by atoms with Crippen LogP contribution in [0.4, 0.5) is 4.39 Å². The number of hydrogen-bond acceptors (Lipinski definition) is 2. The van der Waals surface area contributed by atoms with Crippen LogP contribution >= 0.6 is 0 Å². The lowest BCUT2D eigenvalue weighted by Gasteiger charge is -2.12. The summed E-state index contributed by atoms with van der Waals surface area (Å²) in [7, 11) is 1.94. The lowest BCUT2D eigenvalue weighted by molar-refractivity contribution is 0.611. The summed E-state index contributed by atoms with van der Waals surface area (Å²) in [6.07, 6.45) is 0. The van der Waals surface area contributed by atoms with Gasteiger partial charge in [0, 0.05) is 17.3 Å². The zero-order chi connectivity index (χ0) is 14.9. The van der Waals surface area contributed by atoms with Gasteiger partial charge in [0.05, 0.1) is 12.2 Å². The first-order chi connectivity index (χ1) is 9.43. The fourth-order valence-corrected chi connectivity index (χ4v) is 2.61.